The van der Waals surface area contributed by atoms with Gasteiger partial charge in [-0.25, -0.2) is 9.48 Å². The predicted molar refractivity (Wildman–Crippen MR) is 87.3 cm³/mol. The number of aromatic nitrogens is 2. The van der Waals surface area contributed by atoms with Crippen molar-refractivity contribution in [3.05, 3.63) is 63.0 Å². The summed E-state index contributed by atoms with van der Waals surface area (Å²) in [7, 11) is 1.45. The second-order valence-electron chi connectivity index (χ2n) is 4.74. The lowest BCUT2D eigenvalue weighted by atomic mass is 10.1. The Morgan fingerprint density at radius 2 is 2.25 bits per heavy atom. The van der Waals surface area contributed by atoms with Crippen LogP contribution in [0.1, 0.15) is 10.4 Å². The minimum absolute atomic E-state index is 0.00499. The number of carboxylic acids is 1. The number of allylic oxidation sites excluding steroid dienone is 1. The number of aromatic carboxylic acids is 1. The van der Waals surface area contributed by atoms with Gasteiger partial charge in [0.1, 0.15) is 5.69 Å². The Bertz CT molecular complexity index is 888. The quantitative estimate of drug-likeness (QED) is 0.469. The first-order valence-electron chi connectivity index (χ1n) is 6.82. The molecule has 0 atom stereocenters. The van der Waals surface area contributed by atoms with Crippen molar-refractivity contribution in [3.63, 3.8) is 0 Å². The van der Waals surface area contributed by atoms with Crippen molar-refractivity contribution >= 4 is 17.3 Å². The van der Waals surface area contributed by atoms with E-state index in [-0.39, 0.29) is 23.6 Å². The molecule has 0 spiro atoms. The van der Waals surface area contributed by atoms with Crippen LogP contribution in [0.5, 0.6) is 0 Å². The first-order valence-corrected chi connectivity index (χ1v) is 6.82. The van der Waals surface area contributed by atoms with Crippen LogP contribution < -0.4 is 10.9 Å². The van der Waals surface area contributed by atoms with Gasteiger partial charge in [-0.15, -0.1) is 6.58 Å². The maximum Gasteiger partial charge on any atom is 0.343 e. The third-order valence-electron chi connectivity index (χ3n) is 3.25. The van der Waals surface area contributed by atoms with Crippen LogP contribution in [0.4, 0.5) is 11.4 Å². The van der Waals surface area contributed by atoms with Crippen LogP contribution in [0.15, 0.2) is 41.7 Å². The second kappa shape index (κ2) is 6.73. The number of benzene rings is 1. The van der Waals surface area contributed by atoms with Gasteiger partial charge in [0.15, 0.2) is 5.56 Å². The summed E-state index contributed by atoms with van der Waals surface area (Å²) in [6, 6.07) is 5.57. The van der Waals surface area contributed by atoms with E-state index in [1.54, 1.807) is 6.07 Å². The average molecular weight is 330 g/mol. The van der Waals surface area contributed by atoms with Crippen molar-refractivity contribution in [1.29, 1.82) is 0 Å². The van der Waals surface area contributed by atoms with Crippen molar-refractivity contribution < 1.29 is 14.8 Å². The van der Waals surface area contributed by atoms with Crippen LogP contribution in [0.2, 0.25) is 0 Å². The summed E-state index contributed by atoms with van der Waals surface area (Å²) in [6.07, 6.45) is 1.40. The molecule has 0 aliphatic rings. The number of nitrogens with one attached hydrogen (secondary N) is 1. The molecule has 124 valence electrons. The maximum absolute atomic E-state index is 12.3. The highest BCUT2D eigenvalue weighted by molar-refractivity contribution is 5.97. The summed E-state index contributed by atoms with van der Waals surface area (Å²) in [6.45, 7) is 3.51. The number of nitro benzene ring substituents is 1. The van der Waals surface area contributed by atoms with E-state index in [4.69, 9.17) is 0 Å². The molecule has 0 saturated carbocycles. The topological polar surface area (TPSA) is 127 Å². The lowest BCUT2D eigenvalue weighted by Crippen LogP contribution is -2.30. The normalized spacial score (nSPS) is 10.2. The number of carboxylic acid groups (broad SMARTS) is 1. The Labute approximate surface area is 136 Å². The Kier molecular flexibility index (Phi) is 4.73. The van der Waals surface area contributed by atoms with E-state index in [2.05, 4.69) is 17.0 Å². The molecule has 1 aromatic carbocycles. The summed E-state index contributed by atoms with van der Waals surface area (Å²) in [5.41, 5.74) is -1.02. The molecular formula is C15H14N4O5. The van der Waals surface area contributed by atoms with Crippen LogP contribution in [-0.2, 0) is 6.54 Å². The van der Waals surface area contributed by atoms with Crippen LogP contribution >= 0.6 is 0 Å². The molecule has 0 radical (unpaired) electrons. The lowest BCUT2D eigenvalue weighted by molar-refractivity contribution is -0.384. The van der Waals surface area contributed by atoms with E-state index in [1.807, 2.05) is 0 Å². The molecule has 0 unspecified atom stereocenters. The molecule has 0 bridgehead atoms. The Morgan fingerprint density at radius 3 is 2.79 bits per heavy atom. The highest BCUT2D eigenvalue weighted by Gasteiger charge is 2.23. The SMILES string of the molecule is C=CCn1nc(-c2cccc([N+](=O)[O-])c2)c(NC)c(C(=O)O)c1=O. The van der Waals surface area contributed by atoms with Gasteiger partial charge in [-0.1, -0.05) is 18.2 Å². The number of hydrogen-bond donors (Lipinski definition) is 2. The smallest absolute Gasteiger partial charge is 0.343 e. The average Bonchev–Trinajstić information content (AvgIpc) is 2.55. The van der Waals surface area contributed by atoms with Gasteiger partial charge in [0, 0.05) is 24.7 Å². The molecular weight excluding hydrogens is 316 g/mol. The second-order valence-corrected chi connectivity index (χ2v) is 4.74. The fraction of sp³-hybridized carbons (Fsp3) is 0.133. The molecule has 0 saturated heterocycles. The number of carbonyl (C=O) groups is 1. The fourth-order valence-corrected chi connectivity index (χ4v) is 2.23. The first kappa shape index (κ1) is 16.9. The summed E-state index contributed by atoms with van der Waals surface area (Å²) < 4.78 is 0.950. The van der Waals surface area contributed by atoms with Gasteiger partial charge < -0.3 is 10.4 Å². The van der Waals surface area contributed by atoms with E-state index in [0.717, 1.165) is 4.68 Å². The summed E-state index contributed by atoms with van der Waals surface area (Å²) in [5.74, 6) is -1.42. The molecule has 9 heteroatoms. The largest absolute Gasteiger partial charge is 0.477 e. The zero-order valence-corrected chi connectivity index (χ0v) is 12.7. The molecule has 1 heterocycles. The van der Waals surface area contributed by atoms with Crippen LogP contribution in [0, 0.1) is 10.1 Å². The highest BCUT2D eigenvalue weighted by Crippen LogP contribution is 2.29. The number of nitro groups is 1. The zero-order valence-electron chi connectivity index (χ0n) is 12.7. The third-order valence-corrected chi connectivity index (χ3v) is 3.25. The third kappa shape index (κ3) is 3.00. The van der Waals surface area contributed by atoms with E-state index in [0.29, 0.717) is 5.56 Å². The number of hydrogen-bond acceptors (Lipinski definition) is 6. The summed E-state index contributed by atoms with van der Waals surface area (Å²) in [4.78, 5) is 34.1. The highest BCUT2D eigenvalue weighted by atomic mass is 16.6. The van der Waals surface area contributed by atoms with E-state index in [1.165, 1.54) is 31.3 Å². The number of non-ortho nitro benzene ring substituents is 1. The van der Waals surface area contributed by atoms with Crippen molar-refractivity contribution in [3.8, 4) is 11.3 Å². The van der Waals surface area contributed by atoms with E-state index >= 15 is 0 Å². The summed E-state index contributed by atoms with van der Waals surface area (Å²) >= 11 is 0. The number of anilines is 1. The molecule has 2 aromatic rings. The summed E-state index contributed by atoms with van der Waals surface area (Å²) in [5, 5.41) is 27.1. The van der Waals surface area contributed by atoms with E-state index in [9.17, 15) is 24.8 Å². The number of nitrogens with zero attached hydrogens (tertiary/aromatic N) is 3. The lowest BCUT2D eigenvalue weighted by Gasteiger charge is -2.14. The Balaban J connectivity index is 2.84. The number of rotatable bonds is 6. The molecule has 2 rings (SSSR count). The molecule has 0 aliphatic heterocycles. The van der Waals surface area contributed by atoms with Gasteiger partial charge in [-0.3, -0.25) is 14.9 Å². The van der Waals surface area contributed by atoms with Gasteiger partial charge in [0.2, 0.25) is 0 Å². The van der Waals surface area contributed by atoms with Crippen molar-refractivity contribution in [2.45, 2.75) is 6.54 Å². The first-order chi connectivity index (χ1) is 11.4. The minimum Gasteiger partial charge on any atom is -0.477 e. The molecule has 0 fully saturated rings. The molecule has 9 nitrogen and oxygen atoms in total. The maximum atomic E-state index is 12.3. The van der Waals surface area contributed by atoms with Crippen molar-refractivity contribution in [2.75, 3.05) is 12.4 Å². The van der Waals surface area contributed by atoms with Gasteiger partial charge in [-0.2, -0.15) is 5.10 Å². The Hall–Kier alpha value is -3.49. The van der Waals surface area contributed by atoms with Gasteiger partial charge >= 0.3 is 5.97 Å². The minimum atomic E-state index is -1.42. The zero-order chi connectivity index (χ0) is 17.9. The predicted octanol–water partition coefficient (Wildman–Crippen LogP) is 1.74. The molecule has 0 amide bonds. The molecule has 24 heavy (non-hydrogen) atoms. The fourth-order valence-electron chi connectivity index (χ4n) is 2.23. The standard InChI is InChI=1S/C15H14N4O5/c1-3-7-18-14(20)11(15(21)22)13(16-2)12(17-18)9-5-4-6-10(8-9)19(23)24/h3-6,8,16H,1,7H2,2H3,(H,21,22). The Morgan fingerprint density at radius 1 is 1.54 bits per heavy atom. The van der Waals surface area contributed by atoms with Gasteiger partial charge in [-0.05, 0) is 0 Å². The van der Waals surface area contributed by atoms with Crippen LogP contribution in [0.25, 0.3) is 11.3 Å². The van der Waals surface area contributed by atoms with Crippen LogP contribution in [0.3, 0.4) is 0 Å². The van der Waals surface area contributed by atoms with Crippen molar-refractivity contribution in [1.82, 2.24) is 9.78 Å². The molecule has 0 aliphatic carbocycles. The van der Waals surface area contributed by atoms with Gasteiger partial charge in [0.25, 0.3) is 11.2 Å². The monoisotopic (exact) mass is 330 g/mol. The molecule has 2 N–H and O–H groups in total. The van der Waals surface area contributed by atoms with Gasteiger partial charge in [0.05, 0.1) is 17.2 Å². The van der Waals surface area contributed by atoms with Crippen molar-refractivity contribution in [2.24, 2.45) is 0 Å². The molecule has 1 aromatic heterocycles. The van der Waals surface area contributed by atoms with E-state index < -0.39 is 22.0 Å². The van der Waals surface area contributed by atoms with Crippen LogP contribution in [-0.4, -0.2) is 32.8 Å².